The summed E-state index contributed by atoms with van der Waals surface area (Å²) >= 11 is 0. The van der Waals surface area contributed by atoms with Crippen LogP contribution in [-0.2, 0) is 20.0 Å². The lowest BCUT2D eigenvalue weighted by Gasteiger charge is -2.03. The fraction of sp³-hybridized carbons (Fsp3) is 0.500. The van der Waals surface area contributed by atoms with E-state index in [9.17, 15) is 0 Å². The fourth-order valence-electron chi connectivity index (χ4n) is 1.99. The molecule has 0 atom stereocenters. The van der Waals surface area contributed by atoms with Gasteiger partial charge in [-0.15, -0.1) is 0 Å². The van der Waals surface area contributed by atoms with Crippen molar-refractivity contribution >= 4 is 0 Å². The van der Waals surface area contributed by atoms with Crippen LogP contribution in [0.1, 0.15) is 22.8 Å². The van der Waals surface area contributed by atoms with E-state index in [1.165, 1.54) is 11.3 Å². The topological polar surface area (TPSA) is 58.5 Å². The van der Waals surface area contributed by atoms with Gasteiger partial charge in [0.1, 0.15) is 5.82 Å². The van der Waals surface area contributed by atoms with E-state index in [2.05, 4.69) is 34.2 Å². The Balaban J connectivity index is 1.82. The quantitative estimate of drug-likeness (QED) is 0.760. The highest BCUT2D eigenvalue weighted by Gasteiger charge is 2.08. The van der Waals surface area contributed by atoms with Gasteiger partial charge in [-0.3, -0.25) is 4.68 Å². The minimum atomic E-state index is 0.783. The molecule has 2 aromatic rings. The van der Waals surface area contributed by atoms with E-state index >= 15 is 0 Å². The van der Waals surface area contributed by atoms with Gasteiger partial charge >= 0.3 is 0 Å². The summed E-state index contributed by atoms with van der Waals surface area (Å²) in [5, 5.41) is 7.78. The first-order chi connectivity index (χ1) is 8.18. The Bertz CT molecular complexity index is 469. The van der Waals surface area contributed by atoms with Gasteiger partial charge in [-0.25, -0.2) is 4.98 Å². The van der Waals surface area contributed by atoms with Crippen LogP contribution in [0.3, 0.4) is 0 Å². The average Bonchev–Trinajstić information content (AvgIpc) is 2.87. The van der Waals surface area contributed by atoms with Gasteiger partial charge in [0, 0.05) is 25.1 Å². The van der Waals surface area contributed by atoms with Crippen molar-refractivity contribution in [2.75, 3.05) is 6.54 Å². The fourth-order valence-corrected chi connectivity index (χ4v) is 1.99. The van der Waals surface area contributed by atoms with Crippen molar-refractivity contribution in [2.24, 2.45) is 7.05 Å². The van der Waals surface area contributed by atoms with E-state index in [1.54, 1.807) is 6.20 Å². The lowest BCUT2D eigenvalue weighted by atomic mass is 10.1. The van der Waals surface area contributed by atoms with Gasteiger partial charge in [-0.05, 0) is 32.4 Å². The van der Waals surface area contributed by atoms with Crippen molar-refractivity contribution in [3.05, 3.63) is 35.2 Å². The SMILES string of the molecule is Cc1nn(C)c(C)c1CCNCc1ncc[nH]1. The van der Waals surface area contributed by atoms with Crippen LogP contribution in [0.4, 0.5) is 0 Å². The summed E-state index contributed by atoms with van der Waals surface area (Å²) in [4.78, 5) is 7.24. The third-order valence-corrected chi connectivity index (χ3v) is 3.06. The average molecular weight is 233 g/mol. The first-order valence-electron chi connectivity index (χ1n) is 5.86. The van der Waals surface area contributed by atoms with Gasteiger partial charge in [0.2, 0.25) is 0 Å². The smallest absolute Gasteiger partial charge is 0.120 e. The maximum absolute atomic E-state index is 4.41. The lowest BCUT2D eigenvalue weighted by Crippen LogP contribution is -2.18. The van der Waals surface area contributed by atoms with Gasteiger partial charge in [0.05, 0.1) is 12.2 Å². The second-order valence-electron chi connectivity index (χ2n) is 4.24. The Labute approximate surface area is 101 Å². The summed E-state index contributed by atoms with van der Waals surface area (Å²) in [5.74, 6) is 0.977. The van der Waals surface area contributed by atoms with E-state index in [4.69, 9.17) is 0 Å². The predicted molar refractivity (Wildman–Crippen MR) is 66.7 cm³/mol. The highest BCUT2D eigenvalue weighted by atomic mass is 15.3. The van der Waals surface area contributed by atoms with Gasteiger partial charge in [0.25, 0.3) is 0 Å². The molecule has 5 nitrogen and oxygen atoms in total. The number of aryl methyl sites for hydroxylation is 2. The minimum Gasteiger partial charge on any atom is -0.348 e. The Morgan fingerprint density at radius 1 is 1.41 bits per heavy atom. The maximum Gasteiger partial charge on any atom is 0.120 e. The highest BCUT2D eigenvalue weighted by Crippen LogP contribution is 2.11. The Morgan fingerprint density at radius 3 is 2.82 bits per heavy atom. The Hall–Kier alpha value is -1.62. The van der Waals surface area contributed by atoms with Crippen molar-refractivity contribution in [3.63, 3.8) is 0 Å². The molecule has 0 saturated carbocycles. The minimum absolute atomic E-state index is 0.783. The van der Waals surface area contributed by atoms with Crippen molar-refractivity contribution in [1.82, 2.24) is 25.1 Å². The van der Waals surface area contributed by atoms with E-state index in [0.29, 0.717) is 0 Å². The number of aromatic nitrogens is 4. The number of rotatable bonds is 5. The zero-order valence-corrected chi connectivity index (χ0v) is 10.6. The zero-order valence-electron chi connectivity index (χ0n) is 10.6. The van der Waals surface area contributed by atoms with Crippen LogP contribution in [0.2, 0.25) is 0 Å². The summed E-state index contributed by atoms with van der Waals surface area (Å²) in [7, 11) is 1.99. The molecule has 0 fully saturated rings. The largest absolute Gasteiger partial charge is 0.348 e. The molecule has 2 heterocycles. The molecule has 2 aromatic heterocycles. The van der Waals surface area contributed by atoms with Crippen LogP contribution < -0.4 is 5.32 Å². The van der Waals surface area contributed by atoms with E-state index < -0.39 is 0 Å². The molecule has 92 valence electrons. The molecule has 2 N–H and O–H groups in total. The molecule has 0 aliphatic heterocycles. The number of imidazole rings is 1. The van der Waals surface area contributed by atoms with Gasteiger partial charge < -0.3 is 10.3 Å². The van der Waals surface area contributed by atoms with Gasteiger partial charge in [-0.2, -0.15) is 5.10 Å². The van der Waals surface area contributed by atoms with Crippen molar-refractivity contribution in [2.45, 2.75) is 26.8 Å². The first-order valence-corrected chi connectivity index (χ1v) is 5.86. The maximum atomic E-state index is 4.41. The van der Waals surface area contributed by atoms with Crippen LogP contribution in [0.25, 0.3) is 0 Å². The third-order valence-electron chi connectivity index (χ3n) is 3.06. The lowest BCUT2D eigenvalue weighted by molar-refractivity contribution is 0.661. The van der Waals surface area contributed by atoms with Crippen LogP contribution in [0.5, 0.6) is 0 Å². The molecule has 17 heavy (non-hydrogen) atoms. The number of nitrogens with one attached hydrogen (secondary N) is 2. The van der Waals surface area contributed by atoms with Crippen LogP contribution in [0.15, 0.2) is 12.4 Å². The van der Waals surface area contributed by atoms with Gasteiger partial charge in [0.15, 0.2) is 0 Å². The van der Waals surface area contributed by atoms with E-state index in [0.717, 1.165) is 31.0 Å². The number of aromatic amines is 1. The Morgan fingerprint density at radius 2 is 2.24 bits per heavy atom. The highest BCUT2D eigenvalue weighted by molar-refractivity contribution is 5.24. The summed E-state index contributed by atoms with van der Waals surface area (Å²) in [6, 6.07) is 0. The van der Waals surface area contributed by atoms with Crippen LogP contribution >= 0.6 is 0 Å². The molecular weight excluding hydrogens is 214 g/mol. The molecule has 0 bridgehead atoms. The zero-order chi connectivity index (χ0) is 12.3. The van der Waals surface area contributed by atoms with Crippen LogP contribution in [0, 0.1) is 13.8 Å². The summed E-state index contributed by atoms with van der Waals surface area (Å²) < 4.78 is 1.94. The molecule has 0 amide bonds. The van der Waals surface area contributed by atoms with E-state index in [1.807, 2.05) is 17.9 Å². The predicted octanol–water partition coefficient (Wildman–Crippen LogP) is 1.09. The van der Waals surface area contributed by atoms with Crippen molar-refractivity contribution in [1.29, 1.82) is 0 Å². The summed E-state index contributed by atoms with van der Waals surface area (Å²) in [6.45, 7) is 5.90. The third kappa shape index (κ3) is 2.74. The number of nitrogens with zero attached hydrogens (tertiary/aromatic N) is 3. The number of H-pyrrole nitrogens is 1. The molecule has 0 aliphatic carbocycles. The standard InChI is InChI=1S/C12H19N5/c1-9-11(10(2)17(3)16-9)4-5-13-8-12-14-6-7-15-12/h6-7,13H,4-5,8H2,1-3H3,(H,14,15). The van der Waals surface area contributed by atoms with E-state index in [-0.39, 0.29) is 0 Å². The number of hydrogen-bond donors (Lipinski definition) is 2. The van der Waals surface area contributed by atoms with Crippen molar-refractivity contribution < 1.29 is 0 Å². The molecular formula is C12H19N5. The Kier molecular flexibility index (Phi) is 3.58. The number of hydrogen-bond acceptors (Lipinski definition) is 3. The molecule has 0 aliphatic rings. The van der Waals surface area contributed by atoms with Gasteiger partial charge in [-0.1, -0.05) is 0 Å². The first kappa shape index (κ1) is 11.9. The molecule has 0 saturated heterocycles. The molecule has 0 aromatic carbocycles. The summed E-state index contributed by atoms with van der Waals surface area (Å²) in [6.07, 6.45) is 4.62. The second-order valence-corrected chi connectivity index (χ2v) is 4.24. The molecule has 0 unspecified atom stereocenters. The second kappa shape index (κ2) is 5.14. The summed E-state index contributed by atoms with van der Waals surface area (Å²) in [5.41, 5.74) is 3.73. The van der Waals surface area contributed by atoms with Crippen molar-refractivity contribution in [3.8, 4) is 0 Å². The normalized spacial score (nSPS) is 11.0. The molecule has 0 spiro atoms. The molecule has 2 rings (SSSR count). The van der Waals surface area contributed by atoms with Crippen LogP contribution in [-0.4, -0.2) is 26.3 Å². The molecule has 5 heteroatoms. The molecule has 0 radical (unpaired) electrons. The monoisotopic (exact) mass is 233 g/mol.